The van der Waals surface area contributed by atoms with Crippen LogP contribution in [0.25, 0.3) is 0 Å². The normalized spacial score (nSPS) is 49.3. The topological polar surface area (TPSA) is 20.2 Å². The van der Waals surface area contributed by atoms with Crippen LogP contribution in [0, 0.1) is 29.6 Å². The molecule has 0 aliphatic heterocycles. The maximum Gasteiger partial charge on any atom is 0.0723 e. The Kier molecular flexibility index (Phi) is 3.29. The molecule has 0 aromatic rings. The van der Waals surface area contributed by atoms with Crippen molar-refractivity contribution in [3.8, 4) is 0 Å². The molecule has 0 amide bonds. The van der Waals surface area contributed by atoms with Gasteiger partial charge in [-0.1, -0.05) is 23.3 Å². The molecule has 4 aliphatic carbocycles. The zero-order valence-corrected chi connectivity index (χ0v) is 12.7. The Morgan fingerprint density at radius 3 is 2.50 bits per heavy atom. The van der Waals surface area contributed by atoms with Gasteiger partial charge in [0.2, 0.25) is 0 Å². The minimum atomic E-state index is -0.143. The Morgan fingerprint density at radius 1 is 0.900 bits per heavy atom. The zero-order valence-electron chi connectivity index (χ0n) is 12.7. The summed E-state index contributed by atoms with van der Waals surface area (Å²) in [5.74, 6) is 4.69. The van der Waals surface area contributed by atoms with Gasteiger partial charge in [0.15, 0.2) is 0 Å². The van der Waals surface area contributed by atoms with E-state index in [1.807, 2.05) is 0 Å². The average Bonchev–Trinajstić information content (AvgIpc) is 2.89. The smallest absolute Gasteiger partial charge is 0.0723 e. The van der Waals surface area contributed by atoms with Gasteiger partial charge in [0.1, 0.15) is 0 Å². The van der Waals surface area contributed by atoms with Crippen LogP contribution < -0.4 is 0 Å². The average molecular weight is 272 g/mol. The molecule has 3 fully saturated rings. The lowest BCUT2D eigenvalue weighted by molar-refractivity contribution is 0.0475. The number of hydrogen-bond donors (Lipinski definition) is 1. The van der Waals surface area contributed by atoms with Crippen LogP contribution in [0.2, 0.25) is 0 Å². The second-order valence-corrected chi connectivity index (χ2v) is 7.61. The van der Waals surface area contributed by atoms with Crippen molar-refractivity contribution in [2.75, 3.05) is 0 Å². The summed E-state index contributed by atoms with van der Waals surface area (Å²) in [6.45, 7) is 2.24. The standard InChI is InChI=1S/C19H28O/c1-2-12-3-6-17-15(12)9-10-18-16-8-5-14(20)11-13(16)4-7-19(17)18/h2,11,14-20H,3-10H2,1H3/b12-2+. The maximum absolute atomic E-state index is 9.88. The fraction of sp³-hybridized carbons (Fsp3) is 0.789. The monoisotopic (exact) mass is 272 g/mol. The van der Waals surface area contributed by atoms with Crippen LogP contribution in [0.5, 0.6) is 0 Å². The molecule has 110 valence electrons. The van der Waals surface area contributed by atoms with Gasteiger partial charge in [0.25, 0.3) is 0 Å². The molecule has 1 heteroatoms. The van der Waals surface area contributed by atoms with Crippen molar-refractivity contribution in [1.82, 2.24) is 0 Å². The number of fused-ring (bicyclic) bond motifs is 5. The lowest BCUT2D eigenvalue weighted by Gasteiger charge is -2.49. The fourth-order valence-corrected chi connectivity index (χ4v) is 6.18. The van der Waals surface area contributed by atoms with Gasteiger partial charge in [-0.25, -0.2) is 0 Å². The van der Waals surface area contributed by atoms with E-state index < -0.39 is 0 Å². The first-order valence-electron chi connectivity index (χ1n) is 8.81. The van der Waals surface area contributed by atoms with Crippen molar-refractivity contribution >= 4 is 0 Å². The predicted octanol–water partition coefficient (Wildman–Crippen LogP) is 4.48. The molecular weight excluding hydrogens is 244 g/mol. The first-order chi connectivity index (χ1) is 9.78. The van der Waals surface area contributed by atoms with Gasteiger partial charge in [0, 0.05) is 0 Å². The number of allylic oxidation sites excluding steroid dienone is 3. The summed E-state index contributed by atoms with van der Waals surface area (Å²) in [7, 11) is 0. The molecule has 1 nitrogen and oxygen atoms in total. The van der Waals surface area contributed by atoms with E-state index >= 15 is 0 Å². The van der Waals surface area contributed by atoms with Crippen molar-refractivity contribution in [3.05, 3.63) is 23.3 Å². The highest BCUT2D eigenvalue weighted by Crippen LogP contribution is 2.58. The summed E-state index contributed by atoms with van der Waals surface area (Å²) < 4.78 is 0. The second kappa shape index (κ2) is 5.02. The van der Waals surface area contributed by atoms with Gasteiger partial charge in [0.05, 0.1) is 6.10 Å². The van der Waals surface area contributed by atoms with E-state index in [0.29, 0.717) is 0 Å². The molecule has 0 aromatic heterocycles. The molecule has 0 radical (unpaired) electrons. The van der Waals surface area contributed by atoms with E-state index in [1.54, 1.807) is 11.1 Å². The molecule has 0 bridgehead atoms. The molecule has 3 saturated carbocycles. The first-order valence-corrected chi connectivity index (χ1v) is 8.81. The third-order valence-electron chi connectivity index (χ3n) is 6.98. The van der Waals surface area contributed by atoms with Crippen LogP contribution in [0.4, 0.5) is 0 Å². The van der Waals surface area contributed by atoms with Gasteiger partial charge >= 0.3 is 0 Å². The van der Waals surface area contributed by atoms with Crippen molar-refractivity contribution in [2.24, 2.45) is 29.6 Å². The summed E-state index contributed by atoms with van der Waals surface area (Å²) in [6.07, 6.45) is 15.1. The van der Waals surface area contributed by atoms with Gasteiger partial charge in [-0.2, -0.15) is 0 Å². The minimum absolute atomic E-state index is 0.143. The van der Waals surface area contributed by atoms with Crippen LogP contribution >= 0.6 is 0 Å². The lowest BCUT2D eigenvalue weighted by atomic mass is 9.56. The summed E-state index contributed by atoms with van der Waals surface area (Å²) in [5, 5.41) is 9.88. The Bertz CT molecular complexity index is 447. The lowest BCUT2D eigenvalue weighted by Crippen LogP contribution is -2.41. The fourth-order valence-electron chi connectivity index (χ4n) is 6.18. The third kappa shape index (κ3) is 1.93. The van der Waals surface area contributed by atoms with Crippen LogP contribution in [-0.2, 0) is 0 Å². The van der Waals surface area contributed by atoms with E-state index in [0.717, 1.165) is 36.0 Å². The molecule has 0 heterocycles. The number of hydrogen-bond acceptors (Lipinski definition) is 1. The van der Waals surface area contributed by atoms with Gasteiger partial charge in [-0.3, -0.25) is 0 Å². The molecule has 4 rings (SSSR count). The molecule has 4 aliphatic rings. The molecule has 20 heavy (non-hydrogen) atoms. The van der Waals surface area contributed by atoms with Gasteiger partial charge < -0.3 is 5.11 Å². The second-order valence-electron chi connectivity index (χ2n) is 7.61. The molecule has 0 aromatic carbocycles. The predicted molar refractivity (Wildman–Crippen MR) is 82.2 cm³/mol. The minimum Gasteiger partial charge on any atom is -0.389 e. The van der Waals surface area contributed by atoms with E-state index in [1.165, 1.54) is 44.9 Å². The Morgan fingerprint density at radius 2 is 1.65 bits per heavy atom. The van der Waals surface area contributed by atoms with Crippen molar-refractivity contribution in [3.63, 3.8) is 0 Å². The largest absolute Gasteiger partial charge is 0.389 e. The van der Waals surface area contributed by atoms with E-state index in [2.05, 4.69) is 19.1 Å². The quantitative estimate of drug-likeness (QED) is 0.645. The van der Waals surface area contributed by atoms with Crippen LogP contribution in [-0.4, -0.2) is 11.2 Å². The van der Waals surface area contributed by atoms with Crippen LogP contribution in [0.1, 0.15) is 58.3 Å². The van der Waals surface area contributed by atoms with Crippen LogP contribution in [0.3, 0.4) is 0 Å². The highest BCUT2D eigenvalue weighted by atomic mass is 16.3. The van der Waals surface area contributed by atoms with Crippen molar-refractivity contribution in [2.45, 2.75) is 64.4 Å². The SMILES string of the molecule is C/C=C1\CCC2C1CCC1C3CCC(O)C=C3CCC12. The summed E-state index contributed by atoms with van der Waals surface area (Å²) in [6, 6.07) is 0. The molecule has 1 N–H and O–H groups in total. The maximum atomic E-state index is 9.88. The van der Waals surface area contributed by atoms with Gasteiger partial charge in [-0.05, 0) is 87.9 Å². The summed E-state index contributed by atoms with van der Waals surface area (Å²) in [5.41, 5.74) is 3.39. The highest BCUT2D eigenvalue weighted by molar-refractivity contribution is 5.22. The summed E-state index contributed by atoms with van der Waals surface area (Å²) in [4.78, 5) is 0. The van der Waals surface area contributed by atoms with Crippen LogP contribution in [0.15, 0.2) is 23.3 Å². The molecule has 6 unspecified atom stereocenters. The molecule has 6 atom stereocenters. The molecule has 0 spiro atoms. The van der Waals surface area contributed by atoms with Crippen molar-refractivity contribution < 1.29 is 5.11 Å². The first kappa shape index (κ1) is 13.1. The van der Waals surface area contributed by atoms with Crippen molar-refractivity contribution in [1.29, 1.82) is 0 Å². The molecule has 0 saturated heterocycles. The van der Waals surface area contributed by atoms with E-state index in [-0.39, 0.29) is 6.10 Å². The third-order valence-corrected chi connectivity index (χ3v) is 6.98. The highest BCUT2D eigenvalue weighted by Gasteiger charge is 2.48. The number of rotatable bonds is 0. The number of aliphatic hydroxyl groups excluding tert-OH is 1. The Hall–Kier alpha value is -0.560. The Labute approximate surface area is 123 Å². The zero-order chi connectivity index (χ0) is 13.7. The van der Waals surface area contributed by atoms with E-state index in [9.17, 15) is 5.11 Å². The molecular formula is C19H28O. The number of aliphatic hydroxyl groups is 1. The van der Waals surface area contributed by atoms with Gasteiger partial charge in [-0.15, -0.1) is 0 Å². The summed E-state index contributed by atoms with van der Waals surface area (Å²) >= 11 is 0. The van der Waals surface area contributed by atoms with E-state index in [4.69, 9.17) is 0 Å². The Balaban J connectivity index is 1.59.